The molecule has 2 aliphatic rings. The fraction of sp³-hybridized carbons (Fsp3) is 0.455. The normalized spacial score (nSPS) is 32.0. The van der Waals surface area contributed by atoms with E-state index >= 15 is 0 Å². The number of aliphatic hydroxyl groups is 2. The molecule has 1 aromatic carbocycles. The third kappa shape index (κ3) is 4.98. The molecule has 2 aliphatic heterocycles. The molecule has 2 aromatic heterocycles. The summed E-state index contributed by atoms with van der Waals surface area (Å²) >= 11 is 0.937. The van der Waals surface area contributed by atoms with Gasteiger partial charge in [0.25, 0.3) is 5.56 Å². The maximum atomic E-state index is 13.2. The number of carbonyl (C=O) groups is 1. The van der Waals surface area contributed by atoms with Crippen molar-refractivity contribution < 1.29 is 33.6 Å². The SMILES string of the molecule is C[C@@H](OC(=O)[C@@H]1CS[P@@](=O)(OCC2O[C@@H](n3cnc4c(=O)[nH]c(N)nc43)[C@](C)(O)[C@@H]2O)N1)c1ccccc1. The molecule has 2 saturated heterocycles. The van der Waals surface area contributed by atoms with Crippen molar-refractivity contribution in [1.29, 1.82) is 0 Å². The summed E-state index contributed by atoms with van der Waals surface area (Å²) in [5, 5.41) is 24.5. The van der Waals surface area contributed by atoms with Gasteiger partial charge in [0.2, 0.25) is 5.95 Å². The summed E-state index contributed by atoms with van der Waals surface area (Å²) in [5.74, 6) is -0.561. The van der Waals surface area contributed by atoms with E-state index in [2.05, 4.69) is 20.0 Å². The van der Waals surface area contributed by atoms with Crippen LogP contribution in [0.25, 0.3) is 11.2 Å². The number of aromatic amines is 1. The van der Waals surface area contributed by atoms with Gasteiger partial charge in [-0.25, -0.2) is 10.1 Å². The fourth-order valence-corrected chi connectivity index (χ4v) is 8.23. The van der Waals surface area contributed by atoms with Crippen molar-refractivity contribution in [1.82, 2.24) is 24.6 Å². The highest BCUT2D eigenvalue weighted by atomic mass is 32.7. The first-order valence-electron chi connectivity index (χ1n) is 11.7. The summed E-state index contributed by atoms with van der Waals surface area (Å²) in [6, 6.07) is 8.37. The molecule has 7 atom stereocenters. The van der Waals surface area contributed by atoms with Crippen LogP contribution in [0.3, 0.4) is 0 Å². The molecular weight excluding hydrogens is 539 g/mol. The molecule has 14 nitrogen and oxygen atoms in total. The van der Waals surface area contributed by atoms with Crippen molar-refractivity contribution in [2.75, 3.05) is 18.1 Å². The summed E-state index contributed by atoms with van der Waals surface area (Å²) in [5.41, 5.74) is 4.07. The Bertz CT molecular complexity index is 1450. The van der Waals surface area contributed by atoms with Gasteiger partial charge < -0.3 is 29.9 Å². The second-order valence-corrected chi connectivity index (χ2v) is 13.6. The van der Waals surface area contributed by atoms with Gasteiger partial charge in [-0.2, -0.15) is 4.98 Å². The van der Waals surface area contributed by atoms with Crippen LogP contribution in [0.2, 0.25) is 0 Å². The Morgan fingerprint density at radius 2 is 2.16 bits per heavy atom. The number of ether oxygens (including phenoxy) is 2. The number of imidazole rings is 1. The van der Waals surface area contributed by atoms with Crippen molar-refractivity contribution in [3.63, 3.8) is 0 Å². The van der Waals surface area contributed by atoms with E-state index in [0.717, 1.165) is 16.9 Å². The smallest absolute Gasteiger partial charge is 0.327 e. The maximum absolute atomic E-state index is 13.2. The number of H-pyrrole nitrogens is 1. The Kier molecular flexibility index (Phi) is 7.11. The Morgan fingerprint density at radius 1 is 1.42 bits per heavy atom. The predicted octanol–water partition coefficient (Wildman–Crippen LogP) is 0.845. The van der Waals surface area contributed by atoms with Gasteiger partial charge in [-0.05, 0) is 19.4 Å². The van der Waals surface area contributed by atoms with Gasteiger partial charge in [0.05, 0.1) is 12.9 Å². The van der Waals surface area contributed by atoms with Gasteiger partial charge in [-0.3, -0.25) is 23.7 Å². The Balaban J connectivity index is 1.23. The van der Waals surface area contributed by atoms with Gasteiger partial charge >= 0.3 is 12.7 Å². The number of nitrogens with zero attached hydrogens (tertiary/aromatic N) is 3. The number of nitrogens with two attached hydrogens (primary N) is 1. The van der Waals surface area contributed by atoms with Gasteiger partial charge in [-0.15, -0.1) is 0 Å². The summed E-state index contributed by atoms with van der Waals surface area (Å²) < 4.78 is 31.5. The first kappa shape index (κ1) is 26.8. The number of hydrogen-bond acceptors (Lipinski definition) is 12. The van der Waals surface area contributed by atoms with E-state index in [0.29, 0.717) is 0 Å². The van der Waals surface area contributed by atoms with Crippen LogP contribution in [-0.4, -0.2) is 71.9 Å². The van der Waals surface area contributed by atoms with E-state index in [1.54, 1.807) is 6.92 Å². The summed E-state index contributed by atoms with van der Waals surface area (Å²) in [6.07, 6.45) is -3.03. The Hall–Kier alpha value is -2.78. The lowest BCUT2D eigenvalue weighted by Crippen LogP contribution is -2.44. The average Bonchev–Trinajstić information content (AvgIpc) is 3.54. The van der Waals surface area contributed by atoms with Crippen LogP contribution in [0.5, 0.6) is 0 Å². The number of aliphatic hydroxyl groups excluding tert-OH is 1. The molecule has 38 heavy (non-hydrogen) atoms. The first-order valence-corrected chi connectivity index (χ1v) is 14.9. The van der Waals surface area contributed by atoms with E-state index in [1.807, 2.05) is 30.3 Å². The minimum atomic E-state index is -3.55. The lowest BCUT2D eigenvalue weighted by molar-refractivity contribution is -0.150. The largest absolute Gasteiger partial charge is 0.457 e. The molecule has 0 amide bonds. The third-order valence-corrected chi connectivity index (χ3v) is 10.5. The second-order valence-electron chi connectivity index (χ2n) is 9.23. The molecule has 5 rings (SSSR count). The van der Waals surface area contributed by atoms with Crippen molar-refractivity contribution in [2.24, 2.45) is 0 Å². The van der Waals surface area contributed by atoms with Crippen LogP contribution >= 0.6 is 18.1 Å². The number of nitrogen functional groups attached to an aromatic ring is 1. The summed E-state index contributed by atoms with van der Waals surface area (Å²) in [6.45, 7) is -0.825. The van der Waals surface area contributed by atoms with Gasteiger partial charge in [0, 0.05) is 5.75 Å². The van der Waals surface area contributed by atoms with Gasteiger partial charge in [0.15, 0.2) is 17.4 Å². The molecular formula is C22H27N6O8PS. The quantitative estimate of drug-likeness (QED) is 0.199. The standard InChI is InChI=1S/C22H27N6O8PS/c1-11(12-6-4-3-5-7-12)35-19(31)13-9-38-37(33,27-13)34-8-14-16(29)22(2,32)20(36-14)28-10-24-15-17(28)25-21(23)26-18(15)30/h3-7,10-11,13-14,16,20,29,32H,8-9H2,1-2H3,(H,27,33)(H3,23,25,26,30)/t11-,13+,14?,16-,20-,22-,37+/m1/s1. The Labute approximate surface area is 220 Å². The number of anilines is 1. The number of esters is 1. The maximum Gasteiger partial charge on any atom is 0.327 e. The topological polar surface area (TPSA) is 204 Å². The second kappa shape index (κ2) is 10.1. The highest BCUT2D eigenvalue weighted by Crippen LogP contribution is 2.61. The van der Waals surface area contributed by atoms with E-state index in [-0.39, 0.29) is 29.5 Å². The molecule has 4 heterocycles. The number of nitrogens with one attached hydrogen (secondary N) is 2. The van der Waals surface area contributed by atoms with Crippen molar-refractivity contribution in [3.05, 3.63) is 52.6 Å². The molecule has 0 bridgehead atoms. The zero-order chi connectivity index (χ0) is 27.2. The Morgan fingerprint density at radius 3 is 2.89 bits per heavy atom. The number of fused-ring (bicyclic) bond motifs is 1. The number of carbonyl (C=O) groups excluding carboxylic acids is 1. The third-order valence-electron chi connectivity index (χ3n) is 6.44. The number of aromatic nitrogens is 4. The minimum absolute atomic E-state index is 0.0247. The molecule has 0 spiro atoms. The monoisotopic (exact) mass is 566 g/mol. The van der Waals surface area contributed by atoms with Gasteiger partial charge in [-0.1, -0.05) is 41.7 Å². The van der Waals surface area contributed by atoms with Crippen molar-refractivity contribution in [2.45, 2.75) is 50.0 Å². The zero-order valence-corrected chi connectivity index (χ0v) is 22.1. The molecule has 6 N–H and O–H groups in total. The summed E-state index contributed by atoms with van der Waals surface area (Å²) in [4.78, 5) is 35.1. The number of hydrogen-bond donors (Lipinski definition) is 5. The zero-order valence-electron chi connectivity index (χ0n) is 20.4. The van der Waals surface area contributed by atoms with Gasteiger partial charge in [0.1, 0.15) is 30.0 Å². The van der Waals surface area contributed by atoms with Crippen LogP contribution < -0.4 is 16.4 Å². The van der Waals surface area contributed by atoms with Crippen molar-refractivity contribution in [3.8, 4) is 0 Å². The average molecular weight is 567 g/mol. The van der Waals surface area contributed by atoms with E-state index in [4.69, 9.17) is 19.7 Å². The minimum Gasteiger partial charge on any atom is -0.457 e. The lowest BCUT2D eigenvalue weighted by atomic mass is 9.96. The highest BCUT2D eigenvalue weighted by Gasteiger charge is 2.54. The fourth-order valence-electron chi connectivity index (χ4n) is 4.35. The van der Waals surface area contributed by atoms with Crippen LogP contribution in [0.1, 0.15) is 31.7 Å². The van der Waals surface area contributed by atoms with E-state index < -0.39 is 54.4 Å². The van der Waals surface area contributed by atoms with E-state index in [9.17, 15) is 24.4 Å². The molecule has 0 radical (unpaired) electrons. The van der Waals surface area contributed by atoms with Crippen molar-refractivity contribution >= 4 is 41.2 Å². The lowest BCUT2D eigenvalue weighted by Gasteiger charge is -2.27. The molecule has 3 aromatic rings. The summed E-state index contributed by atoms with van der Waals surface area (Å²) in [7, 11) is 0. The molecule has 204 valence electrons. The number of benzene rings is 1. The molecule has 2 fully saturated rings. The van der Waals surface area contributed by atoms with Crippen LogP contribution in [-0.2, 0) is 23.4 Å². The van der Waals surface area contributed by atoms with Crippen LogP contribution in [0.4, 0.5) is 5.95 Å². The van der Waals surface area contributed by atoms with Crippen LogP contribution in [0, 0.1) is 0 Å². The molecule has 0 aliphatic carbocycles. The first-order chi connectivity index (χ1) is 18.0. The predicted molar refractivity (Wildman–Crippen MR) is 137 cm³/mol. The van der Waals surface area contributed by atoms with E-state index in [1.165, 1.54) is 17.8 Å². The number of rotatable bonds is 7. The van der Waals surface area contributed by atoms with Crippen LogP contribution in [0.15, 0.2) is 41.5 Å². The molecule has 1 unspecified atom stereocenters. The molecule has 0 saturated carbocycles. The molecule has 16 heteroatoms. The highest BCUT2D eigenvalue weighted by molar-refractivity contribution is 8.56.